The van der Waals surface area contributed by atoms with Gasteiger partial charge in [0.25, 0.3) is 0 Å². The summed E-state index contributed by atoms with van der Waals surface area (Å²) in [5.41, 5.74) is 5.56. The van der Waals surface area contributed by atoms with Gasteiger partial charge in [0.2, 0.25) is 5.78 Å². The highest BCUT2D eigenvalue weighted by molar-refractivity contribution is 6.23. The van der Waals surface area contributed by atoms with Crippen molar-refractivity contribution in [3.8, 4) is 11.1 Å². The Morgan fingerprint density at radius 1 is 0.625 bits per heavy atom. The lowest BCUT2D eigenvalue weighted by molar-refractivity contribution is 0.103. The van der Waals surface area contributed by atoms with Crippen molar-refractivity contribution in [2.45, 2.75) is 6.92 Å². The molecule has 0 atom stereocenters. The summed E-state index contributed by atoms with van der Waals surface area (Å²) in [6.45, 7) is 2.02. The Kier molecular flexibility index (Phi) is 5.00. The third-order valence-corrected chi connectivity index (χ3v) is 5.70. The molecule has 3 heteroatoms. The average Bonchev–Trinajstić information content (AvgIpc) is 3.20. The lowest BCUT2D eigenvalue weighted by Gasteiger charge is -2.09. The van der Waals surface area contributed by atoms with Crippen LogP contribution in [-0.2, 0) is 0 Å². The van der Waals surface area contributed by atoms with Crippen LogP contribution in [0.2, 0.25) is 0 Å². The van der Waals surface area contributed by atoms with Crippen LogP contribution < -0.4 is 0 Å². The number of hydrogen-bond donors (Lipinski definition) is 0. The van der Waals surface area contributed by atoms with Crippen LogP contribution in [0.3, 0.4) is 0 Å². The predicted octanol–water partition coefficient (Wildman–Crippen LogP) is 6.38. The molecule has 0 aliphatic carbocycles. The summed E-state index contributed by atoms with van der Waals surface area (Å²) < 4.78 is 1.85. The van der Waals surface area contributed by atoms with Gasteiger partial charge in [-0.25, -0.2) is 0 Å². The van der Waals surface area contributed by atoms with Crippen molar-refractivity contribution in [2.24, 2.45) is 0 Å². The van der Waals surface area contributed by atoms with Gasteiger partial charge in [0.1, 0.15) is 5.69 Å². The van der Waals surface area contributed by atoms with Crippen molar-refractivity contribution >= 4 is 17.1 Å². The van der Waals surface area contributed by atoms with Crippen LogP contribution in [0.25, 0.3) is 16.6 Å². The van der Waals surface area contributed by atoms with E-state index in [0.29, 0.717) is 27.9 Å². The van der Waals surface area contributed by atoms with E-state index in [1.54, 1.807) is 0 Å². The van der Waals surface area contributed by atoms with Crippen LogP contribution >= 0.6 is 0 Å². The van der Waals surface area contributed by atoms with Gasteiger partial charge in [0, 0.05) is 22.9 Å². The molecule has 0 bridgehead atoms. The highest BCUT2D eigenvalue weighted by Crippen LogP contribution is 2.36. The Bertz CT molecular complexity index is 1340. The number of pyridine rings is 1. The number of aryl methyl sites for hydroxylation is 1. The fourth-order valence-electron chi connectivity index (χ4n) is 4.12. The van der Waals surface area contributed by atoms with Gasteiger partial charge in [-0.15, -0.1) is 0 Å². The van der Waals surface area contributed by atoms with Crippen molar-refractivity contribution < 1.29 is 9.59 Å². The van der Waals surface area contributed by atoms with Crippen molar-refractivity contribution in [1.29, 1.82) is 0 Å². The number of ketones is 2. The molecule has 32 heavy (non-hydrogen) atoms. The molecule has 2 heterocycles. The molecular weight excluding hydrogens is 394 g/mol. The van der Waals surface area contributed by atoms with Gasteiger partial charge < -0.3 is 4.40 Å². The second-order valence-electron chi connectivity index (χ2n) is 7.81. The van der Waals surface area contributed by atoms with Gasteiger partial charge in [0.15, 0.2) is 5.78 Å². The first-order chi connectivity index (χ1) is 15.6. The number of hydrogen-bond acceptors (Lipinski definition) is 2. The number of nitrogens with zero attached hydrogens (tertiary/aromatic N) is 1. The van der Waals surface area contributed by atoms with E-state index in [-0.39, 0.29) is 11.6 Å². The molecule has 0 N–H and O–H groups in total. The first-order valence-corrected chi connectivity index (χ1v) is 10.5. The topological polar surface area (TPSA) is 38.5 Å². The van der Waals surface area contributed by atoms with Gasteiger partial charge >= 0.3 is 0 Å². The minimum Gasteiger partial charge on any atom is -0.312 e. The maximum Gasteiger partial charge on any atom is 0.210 e. The van der Waals surface area contributed by atoms with Crippen LogP contribution in [-0.4, -0.2) is 16.0 Å². The molecule has 5 aromatic rings. The normalized spacial score (nSPS) is 10.9. The molecule has 0 aliphatic rings. The lowest BCUT2D eigenvalue weighted by atomic mass is 9.92. The molecule has 154 valence electrons. The highest BCUT2D eigenvalue weighted by atomic mass is 16.1. The van der Waals surface area contributed by atoms with Gasteiger partial charge in [-0.1, -0.05) is 96.6 Å². The smallest absolute Gasteiger partial charge is 0.210 e. The van der Waals surface area contributed by atoms with E-state index in [9.17, 15) is 9.59 Å². The first-order valence-electron chi connectivity index (χ1n) is 10.5. The molecule has 2 aromatic heterocycles. The molecule has 3 nitrogen and oxygen atoms in total. The molecule has 0 radical (unpaired) electrons. The van der Waals surface area contributed by atoms with Gasteiger partial charge in [0.05, 0.1) is 11.1 Å². The zero-order valence-corrected chi connectivity index (χ0v) is 17.7. The van der Waals surface area contributed by atoms with Crippen molar-refractivity contribution in [1.82, 2.24) is 4.40 Å². The van der Waals surface area contributed by atoms with E-state index in [1.807, 2.05) is 121 Å². The molecule has 5 rings (SSSR count). The number of carbonyl (C=O) groups is 2. The Labute approximate surface area is 186 Å². The largest absolute Gasteiger partial charge is 0.312 e. The zero-order chi connectivity index (χ0) is 22.1. The third-order valence-electron chi connectivity index (χ3n) is 5.70. The van der Waals surface area contributed by atoms with Crippen LogP contribution in [0.5, 0.6) is 0 Å². The predicted molar refractivity (Wildman–Crippen MR) is 127 cm³/mol. The summed E-state index contributed by atoms with van der Waals surface area (Å²) in [5.74, 6) is -0.216. The summed E-state index contributed by atoms with van der Waals surface area (Å²) in [7, 11) is 0. The molecule has 0 saturated carbocycles. The van der Waals surface area contributed by atoms with Gasteiger partial charge in [-0.3, -0.25) is 9.59 Å². The lowest BCUT2D eigenvalue weighted by Crippen LogP contribution is -2.07. The minimum absolute atomic E-state index is 0.100. The average molecular weight is 415 g/mol. The van der Waals surface area contributed by atoms with Crippen LogP contribution in [0.15, 0.2) is 109 Å². The fourth-order valence-corrected chi connectivity index (χ4v) is 4.12. The molecule has 0 unspecified atom stereocenters. The monoisotopic (exact) mass is 415 g/mol. The maximum absolute atomic E-state index is 13.8. The summed E-state index contributed by atoms with van der Waals surface area (Å²) in [5, 5.41) is 0. The second-order valence-corrected chi connectivity index (χ2v) is 7.81. The molecule has 0 spiro atoms. The maximum atomic E-state index is 13.8. The summed E-state index contributed by atoms with van der Waals surface area (Å²) in [4.78, 5) is 27.5. The SMILES string of the molecule is Cc1ccc(-c2c(C(=O)c3ccccc3)c3ccccn3c2C(=O)c2ccccc2)cc1. The number of benzene rings is 3. The number of rotatable bonds is 5. The van der Waals surface area contributed by atoms with Gasteiger partial charge in [-0.05, 0) is 24.6 Å². The van der Waals surface area contributed by atoms with Gasteiger partial charge in [-0.2, -0.15) is 0 Å². The fraction of sp³-hybridized carbons (Fsp3) is 0.0345. The van der Waals surface area contributed by atoms with Crippen molar-refractivity contribution in [2.75, 3.05) is 0 Å². The number of aromatic nitrogens is 1. The highest BCUT2D eigenvalue weighted by Gasteiger charge is 2.29. The number of fused-ring (bicyclic) bond motifs is 1. The molecule has 0 aliphatic heterocycles. The quantitative estimate of drug-likeness (QED) is 0.313. The Morgan fingerprint density at radius 3 is 1.81 bits per heavy atom. The van der Waals surface area contributed by atoms with Crippen molar-refractivity contribution in [3.63, 3.8) is 0 Å². The van der Waals surface area contributed by atoms with E-state index in [4.69, 9.17) is 0 Å². The Morgan fingerprint density at radius 2 is 1.19 bits per heavy atom. The first kappa shape index (κ1) is 19.7. The molecular formula is C29H21NO2. The minimum atomic E-state index is -0.116. The third kappa shape index (κ3) is 3.34. The molecule has 3 aromatic carbocycles. The van der Waals surface area contributed by atoms with Crippen LogP contribution in [0, 0.1) is 6.92 Å². The van der Waals surface area contributed by atoms with E-state index in [1.165, 1.54) is 0 Å². The summed E-state index contributed by atoms with van der Waals surface area (Å²) in [6, 6.07) is 32.1. The molecule has 0 saturated heterocycles. The Balaban J connectivity index is 1.87. The summed E-state index contributed by atoms with van der Waals surface area (Å²) in [6.07, 6.45) is 1.85. The second kappa shape index (κ2) is 8.12. The van der Waals surface area contributed by atoms with E-state index in [2.05, 4.69) is 0 Å². The van der Waals surface area contributed by atoms with Crippen molar-refractivity contribution in [3.05, 3.63) is 137 Å². The van der Waals surface area contributed by atoms with E-state index in [0.717, 1.165) is 16.6 Å². The van der Waals surface area contributed by atoms with Crippen LogP contribution in [0.1, 0.15) is 37.5 Å². The van der Waals surface area contributed by atoms with E-state index >= 15 is 0 Å². The van der Waals surface area contributed by atoms with Crippen LogP contribution in [0.4, 0.5) is 0 Å². The standard InChI is InChI=1S/C29H21NO2/c1-20-15-17-21(18-16-20)25-26(28(31)22-10-4-2-5-11-22)24-14-8-9-19-30(24)27(25)29(32)23-12-6-3-7-13-23/h2-19H,1H3. The summed E-state index contributed by atoms with van der Waals surface area (Å²) >= 11 is 0. The molecule has 0 amide bonds. The Hall–Kier alpha value is -4.24. The van der Waals surface area contributed by atoms with E-state index < -0.39 is 0 Å². The number of carbonyl (C=O) groups excluding carboxylic acids is 2. The molecule has 0 fully saturated rings. The zero-order valence-electron chi connectivity index (χ0n) is 17.7.